The highest BCUT2D eigenvalue weighted by Gasteiger charge is 2.89. The molecule has 0 aliphatic heterocycles. The van der Waals surface area contributed by atoms with Crippen molar-refractivity contribution in [2.75, 3.05) is 0 Å². The summed E-state index contributed by atoms with van der Waals surface area (Å²) in [6.45, 7) is -9.25. The van der Waals surface area contributed by atoms with Gasteiger partial charge in [-0.05, 0) is 0 Å². The van der Waals surface area contributed by atoms with Gasteiger partial charge in [0.1, 0.15) is 0 Å². The van der Waals surface area contributed by atoms with Gasteiger partial charge in [-0.3, -0.25) is 0 Å². The summed E-state index contributed by atoms with van der Waals surface area (Å²) in [7, 11) is 0. The van der Waals surface area contributed by atoms with Crippen LogP contribution in [0.5, 0.6) is 0 Å². The van der Waals surface area contributed by atoms with E-state index in [1.807, 2.05) is 0 Å². The van der Waals surface area contributed by atoms with E-state index in [9.17, 15) is 70.1 Å². The van der Waals surface area contributed by atoms with Crippen LogP contribution < -0.4 is 0 Å². The Hall–Kier alpha value is -1.06. The molecule has 23 heavy (non-hydrogen) atoms. The minimum atomic E-state index is -9.25. The molecule has 0 atom stereocenters. The quantitative estimate of drug-likeness (QED) is 0.465. The van der Waals surface area contributed by atoms with Crippen molar-refractivity contribution in [2.24, 2.45) is 0 Å². The largest absolute Gasteiger partial charge is 0.469 e. The summed E-state index contributed by atoms with van der Waals surface area (Å²) in [5, 5.41) is 0. The maximum absolute atomic E-state index is 12.6. The molecule has 0 aliphatic rings. The van der Waals surface area contributed by atoms with Crippen molar-refractivity contribution >= 4 is 6.70 Å². The molecule has 0 spiro atoms. The zero-order valence-corrected chi connectivity index (χ0v) is 9.62. The standard InChI is InChI=1S/C6BF16/c8-1(9,5(16,17)18)3(12,13)7(22,23)4(14,15)2(10,11)6(19,20)21/q-1. The van der Waals surface area contributed by atoms with Gasteiger partial charge in [0, 0.05) is 0 Å². The van der Waals surface area contributed by atoms with Crippen molar-refractivity contribution in [2.45, 2.75) is 35.8 Å². The fourth-order valence-corrected chi connectivity index (χ4v) is 1.06. The summed E-state index contributed by atoms with van der Waals surface area (Å²) in [4.78, 5) is 0. The molecule has 0 saturated heterocycles. The van der Waals surface area contributed by atoms with E-state index in [0.717, 1.165) is 0 Å². The van der Waals surface area contributed by atoms with E-state index in [0.29, 0.717) is 0 Å². The minimum Gasteiger partial charge on any atom is -0.469 e. The van der Waals surface area contributed by atoms with Crippen LogP contribution in [0.25, 0.3) is 0 Å². The Bertz CT molecular complexity index is 398. The Kier molecular flexibility index (Phi) is 4.74. The molecule has 0 aliphatic carbocycles. The van der Waals surface area contributed by atoms with Gasteiger partial charge in [0.05, 0.1) is 0 Å². The summed E-state index contributed by atoms with van der Waals surface area (Å²) in [5.74, 6) is -32.6. The molecule has 0 nitrogen and oxygen atoms in total. The number of alkyl halides is 14. The third-order valence-electron chi connectivity index (χ3n) is 2.46. The molecule has 140 valence electrons. The van der Waals surface area contributed by atoms with E-state index in [1.54, 1.807) is 0 Å². The lowest BCUT2D eigenvalue weighted by Gasteiger charge is -2.45. The summed E-state index contributed by atoms with van der Waals surface area (Å²) in [6, 6.07) is 0. The molecule has 0 heterocycles. The Morgan fingerprint density at radius 3 is 0.696 bits per heavy atom. The first kappa shape index (κ1) is 21.9. The first-order chi connectivity index (χ1) is 9.50. The molecular formula is C6BF16-. The highest BCUT2D eigenvalue weighted by Crippen LogP contribution is 2.60. The molecular weight excluding hydrogens is 387 g/mol. The highest BCUT2D eigenvalue weighted by atomic mass is 19.4. The molecule has 0 aromatic heterocycles. The van der Waals surface area contributed by atoms with E-state index in [1.165, 1.54) is 0 Å². The molecule has 0 amide bonds. The van der Waals surface area contributed by atoms with E-state index in [4.69, 9.17) is 0 Å². The molecule has 0 bridgehead atoms. The van der Waals surface area contributed by atoms with Crippen LogP contribution >= 0.6 is 0 Å². The lowest BCUT2D eigenvalue weighted by Crippen LogP contribution is -2.75. The van der Waals surface area contributed by atoms with Gasteiger partial charge in [0.25, 0.3) is 11.6 Å². The van der Waals surface area contributed by atoms with Crippen LogP contribution in [0.3, 0.4) is 0 Å². The van der Waals surface area contributed by atoms with Crippen LogP contribution in [0.2, 0.25) is 0 Å². The minimum absolute atomic E-state index is 7.65. The zero-order valence-electron chi connectivity index (χ0n) is 9.62. The highest BCUT2D eigenvalue weighted by molar-refractivity contribution is 6.71. The van der Waals surface area contributed by atoms with Crippen LogP contribution in [0, 0.1) is 0 Å². The van der Waals surface area contributed by atoms with E-state index < -0.39 is 42.5 Å². The van der Waals surface area contributed by atoms with Crippen molar-refractivity contribution in [3.63, 3.8) is 0 Å². The van der Waals surface area contributed by atoms with E-state index in [2.05, 4.69) is 0 Å². The van der Waals surface area contributed by atoms with Gasteiger partial charge in [0.2, 0.25) is 0 Å². The third kappa shape index (κ3) is 2.68. The van der Waals surface area contributed by atoms with Gasteiger partial charge in [-0.1, -0.05) is 0 Å². The second-order valence-electron chi connectivity index (χ2n) is 4.05. The fraction of sp³-hybridized carbons (Fsp3) is 1.00. The normalized spacial score (nSPS) is 16.7. The number of hydrogen-bond donors (Lipinski definition) is 0. The predicted molar refractivity (Wildman–Crippen MR) is 39.9 cm³/mol. The Labute approximate surface area is 114 Å². The average molecular weight is 387 g/mol. The SMILES string of the molecule is F[B-](F)(C(F)(F)C(F)(F)C(F)(F)F)C(F)(F)C(F)(F)C(F)(F)F. The van der Waals surface area contributed by atoms with E-state index >= 15 is 0 Å². The van der Waals surface area contributed by atoms with Gasteiger partial charge in [-0.15, -0.1) is 0 Å². The first-order valence-corrected chi connectivity index (χ1v) is 4.66. The van der Waals surface area contributed by atoms with Crippen molar-refractivity contribution < 1.29 is 70.1 Å². The van der Waals surface area contributed by atoms with E-state index in [-0.39, 0.29) is 0 Å². The molecule has 0 N–H and O–H groups in total. The van der Waals surface area contributed by atoms with Crippen LogP contribution in [-0.2, 0) is 0 Å². The lowest BCUT2D eigenvalue weighted by atomic mass is 9.48. The average Bonchev–Trinajstić information content (AvgIpc) is 2.24. The lowest BCUT2D eigenvalue weighted by molar-refractivity contribution is -0.357. The molecule has 0 fully saturated rings. The topological polar surface area (TPSA) is 0 Å². The third-order valence-corrected chi connectivity index (χ3v) is 2.46. The molecule has 0 unspecified atom stereocenters. The predicted octanol–water partition coefficient (Wildman–Crippen LogP) is 5.11. The van der Waals surface area contributed by atoms with Crippen LogP contribution in [0.4, 0.5) is 70.1 Å². The second kappa shape index (κ2) is 4.97. The summed E-state index contributed by atoms with van der Waals surface area (Å²) in [6.07, 6.45) is -15.3. The molecule has 0 saturated carbocycles. The van der Waals surface area contributed by atoms with Crippen LogP contribution in [0.1, 0.15) is 0 Å². The number of hydrogen-bond acceptors (Lipinski definition) is 0. The van der Waals surface area contributed by atoms with Gasteiger partial charge in [0.15, 0.2) is 0 Å². The van der Waals surface area contributed by atoms with Crippen molar-refractivity contribution in [3.8, 4) is 0 Å². The molecule has 0 rings (SSSR count). The Morgan fingerprint density at radius 2 is 0.565 bits per heavy atom. The zero-order chi connectivity index (χ0) is 19.5. The van der Waals surface area contributed by atoms with Crippen LogP contribution in [-0.4, -0.2) is 42.5 Å². The van der Waals surface area contributed by atoms with Crippen molar-refractivity contribution in [1.29, 1.82) is 0 Å². The maximum Gasteiger partial charge on any atom is 0.458 e. The smallest absolute Gasteiger partial charge is 0.458 e. The first-order valence-electron chi connectivity index (χ1n) is 4.66. The summed E-state index contributed by atoms with van der Waals surface area (Å²) >= 11 is 0. The van der Waals surface area contributed by atoms with Gasteiger partial charge in [-0.2, -0.15) is 43.9 Å². The molecule has 0 aromatic rings. The fourth-order valence-electron chi connectivity index (χ4n) is 1.06. The molecule has 17 heteroatoms. The van der Waals surface area contributed by atoms with Crippen LogP contribution in [0.15, 0.2) is 0 Å². The van der Waals surface area contributed by atoms with Crippen molar-refractivity contribution in [1.82, 2.24) is 0 Å². The molecule has 0 radical (unpaired) electrons. The Morgan fingerprint density at radius 1 is 0.391 bits per heavy atom. The maximum atomic E-state index is 12.6. The monoisotopic (exact) mass is 387 g/mol. The second-order valence-corrected chi connectivity index (χ2v) is 4.05. The Balaban J connectivity index is 6.37. The van der Waals surface area contributed by atoms with Crippen molar-refractivity contribution in [3.05, 3.63) is 0 Å². The molecule has 0 aromatic carbocycles. The summed E-state index contributed by atoms with van der Waals surface area (Å²) < 4.78 is 194. The summed E-state index contributed by atoms with van der Waals surface area (Å²) in [5.41, 5.74) is 0. The number of halogens is 16. The number of rotatable bonds is 4. The van der Waals surface area contributed by atoms with Gasteiger partial charge >= 0.3 is 30.9 Å². The van der Waals surface area contributed by atoms with Gasteiger partial charge in [-0.25, -0.2) is 17.6 Å². The van der Waals surface area contributed by atoms with Gasteiger partial charge < -0.3 is 8.63 Å².